The second-order valence-corrected chi connectivity index (χ2v) is 10.8. The number of rotatable bonds is 4. The molecule has 206 valence electrons. The number of hydrogen-bond donors (Lipinski definition) is 0. The molecule has 5 nitrogen and oxygen atoms in total. The maximum absolute atomic E-state index is 6.39. The summed E-state index contributed by atoms with van der Waals surface area (Å²) in [6.45, 7) is 0. The van der Waals surface area contributed by atoms with Gasteiger partial charge in [0.1, 0.15) is 22.3 Å². The fourth-order valence-electron chi connectivity index (χ4n) is 6.12. The topological polar surface area (TPSA) is 65.0 Å². The fourth-order valence-corrected chi connectivity index (χ4v) is 6.12. The molecule has 44 heavy (non-hydrogen) atoms. The molecule has 0 bridgehead atoms. The normalized spacial score (nSPS) is 11.6. The maximum Gasteiger partial charge on any atom is 0.164 e. The van der Waals surface area contributed by atoms with E-state index in [0.29, 0.717) is 17.5 Å². The lowest BCUT2D eigenvalue weighted by molar-refractivity contribution is 0.669. The lowest BCUT2D eigenvalue weighted by atomic mass is 9.97. The van der Waals surface area contributed by atoms with E-state index in [1.54, 1.807) is 0 Å². The lowest BCUT2D eigenvalue weighted by Gasteiger charge is -2.09. The van der Waals surface area contributed by atoms with E-state index in [1.807, 2.05) is 103 Å². The SMILES string of the molecule is c1ccc(-c2nc(-c3ccccc3)nc(-c3cccc4oc5ccc(-c6cccc7oc8ccccc8c67)cc5c34)n2)cc1. The predicted octanol–water partition coefficient (Wildman–Crippen LogP) is 10.3. The first-order chi connectivity index (χ1) is 21.8. The Morgan fingerprint density at radius 1 is 0.341 bits per heavy atom. The Balaban J connectivity index is 1.29. The number of benzene rings is 6. The van der Waals surface area contributed by atoms with E-state index in [4.69, 9.17) is 23.8 Å². The summed E-state index contributed by atoms with van der Waals surface area (Å²) in [5.74, 6) is 1.84. The molecule has 0 aliphatic carbocycles. The Kier molecular flexibility index (Phi) is 5.43. The fraction of sp³-hybridized carbons (Fsp3) is 0. The van der Waals surface area contributed by atoms with Gasteiger partial charge in [0, 0.05) is 38.2 Å². The molecule has 0 aliphatic heterocycles. The van der Waals surface area contributed by atoms with Gasteiger partial charge in [-0.25, -0.2) is 15.0 Å². The van der Waals surface area contributed by atoms with E-state index in [2.05, 4.69) is 36.4 Å². The van der Waals surface area contributed by atoms with Crippen molar-refractivity contribution in [1.82, 2.24) is 15.0 Å². The van der Waals surface area contributed by atoms with Crippen molar-refractivity contribution in [2.45, 2.75) is 0 Å². The van der Waals surface area contributed by atoms with Gasteiger partial charge in [0.25, 0.3) is 0 Å². The zero-order valence-electron chi connectivity index (χ0n) is 23.4. The van der Waals surface area contributed by atoms with E-state index >= 15 is 0 Å². The van der Waals surface area contributed by atoms with Crippen LogP contribution in [0.1, 0.15) is 0 Å². The minimum Gasteiger partial charge on any atom is -0.456 e. The lowest BCUT2D eigenvalue weighted by Crippen LogP contribution is -2.00. The van der Waals surface area contributed by atoms with Crippen molar-refractivity contribution in [3.8, 4) is 45.3 Å². The van der Waals surface area contributed by atoms with Gasteiger partial charge in [0.15, 0.2) is 17.5 Å². The van der Waals surface area contributed by atoms with E-state index in [1.165, 1.54) is 0 Å². The van der Waals surface area contributed by atoms with E-state index < -0.39 is 0 Å². The quantitative estimate of drug-likeness (QED) is 0.212. The summed E-state index contributed by atoms with van der Waals surface area (Å²) in [6, 6.07) is 46.9. The summed E-state index contributed by atoms with van der Waals surface area (Å²) in [6.07, 6.45) is 0. The van der Waals surface area contributed by atoms with Gasteiger partial charge in [0.05, 0.1) is 0 Å². The van der Waals surface area contributed by atoms with E-state index in [-0.39, 0.29) is 0 Å². The molecule has 0 spiro atoms. The number of furan rings is 2. The first-order valence-electron chi connectivity index (χ1n) is 14.5. The molecule has 9 aromatic rings. The number of aromatic nitrogens is 3. The highest BCUT2D eigenvalue weighted by Crippen LogP contribution is 2.41. The Hall–Kier alpha value is -6.07. The zero-order valence-corrected chi connectivity index (χ0v) is 23.4. The van der Waals surface area contributed by atoms with Gasteiger partial charge in [-0.2, -0.15) is 0 Å². The summed E-state index contributed by atoms with van der Waals surface area (Å²) in [4.78, 5) is 14.9. The third-order valence-electron chi connectivity index (χ3n) is 8.15. The van der Waals surface area contributed by atoms with Crippen LogP contribution in [0.3, 0.4) is 0 Å². The highest BCUT2D eigenvalue weighted by Gasteiger charge is 2.19. The maximum atomic E-state index is 6.39. The molecule has 0 N–H and O–H groups in total. The average Bonchev–Trinajstić information content (AvgIpc) is 3.67. The monoisotopic (exact) mass is 565 g/mol. The molecule has 9 rings (SSSR count). The summed E-state index contributed by atoms with van der Waals surface area (Å²) in [5.41, 5.74) is 8.28. The number of para-hydroxylation sites is 1. The van der Waals surface area contributed by atoms with Crippen molar-refractivity contribution >= 4 is 43.9 Å². The highest BCUT2D eigenvalue weighted by molar-refractivity contribution is 6.16. The van der Waals surface area contributed by atoms with E-state index in [0.717, 1.165) is 71.7 Å². The van der Waals surface area contributed by atoms with Crippen LogP contribution < -0.4 is 0 Å². The van der Waals surface area contributed by atoms with Crippen molar-refractivity contribution in [3.63, 3.8) is 0 Å². The molecule has 0 unspecified atom stereocenters. The van der Waals surface area contributed by atoms with Crippen molar-refractivity contribution in [2.24, 2.45) is 0 Å². The largest absolute Gasteiger partial charge is 0.456 e. The predicted molar refractivity (Wildman–Crippen MR) is 176 cm³/mol. The average molecular weight is 566 g/mol. The molecule has 0 fully saturated rings. The second-order valence-electron chi connectivity index (χ2n) is 10.8. The van der Waals surface area contributed by atoms with Gasteiger partial charge in [-0.05, 0) is 41.5 Å². The molecule has 5 heteroatoms. The Morgan fingerprint density at radius 2 is 0.864 bits per heavy atom. The molecule has 0 aliphatic rings. The van der Waals surface area contributed by atoms with Crippen molar-refractivity contribution in [2.75, 3.05) is 0 Å². The van der Waals surface area contributed by atoms with Gasteiger partial charge in [0.2, 0.25) is 0 Å². The van der Waals surface area contributed by atoms with Crippen LogP contribution in [-0.2, 0) is 0 Å². The molecule has 0 amide bonds. The third-order valence-corrected chi connectivity index (χ3v) is 8.15. The molecule has 3 heterocycles. The van der Waals surface area contributed by atoms with Crippen LogP contribution in [0.4, 0.5) is 0 Å². The van der Waals surface area contributed by atoms with Crippen LogP contribution in [0.2, 0.25) is 0 Å². The molecule has 0 saturated carbocycles. The standard InChI is InChI=1S/C39H23N3O2/c1-3-11-24(12-4-1)37-40-38(25-13-5-2-6-14-25)42-39(41-37)29-17-10-20-34-36(29)30-23-26(21-22-32(30)44-34)27-16-9-19-33-35(27)28-15-7-8-18-31(28)43-33/h1-23H. The third kappa shape index (κ3) is 3.91. The summed E-state index contributed by atoms with van der Waals surface area (Å²) in [7, 11) is 0. The Bertz CT molecular complexity index is 2440. The molecule has 0 atom stereocenters. The smallest absolute Gasteiger partial charge is 0.164 e. The first kappa shape index (κ1) is 24.5. The summed E-state index contributed by atoms with van der Waals surface area (Å²) in [5, 5.41) is 4.18. The van der Waals surface area contributed by atoms with Crippen molar-refractivity contribution < 1.29 is 8.83 Å². The number of nitrogens with zero attached hydrogens (tertiary/aromatic N) is 3. The minimum atomic E-state index is 0.597. The van der Waals surface area contributed by atoms with Gasteiger partial charge >= 0.3 is 0 Å². The minimum absolute atomic E-state index is 0.597. The highest BCUT2D eigenvalue weighted by atomic mass is 16.3. The molecule has 0 saturated heterocycles. The van der Waals surface area contributed by atoms with Gasteiger partial charge in [-0.1, -0.05) is 109 Å². The van der Waals surface area contributed by atoms with Gasteiger partial charge in [-0.3, -0.25) is 0 Å². The summed E-state index contributed by atoms with van der Waals surface area (Å²) >= 11 is 0. The molecular weight excluding hydrogens is 542 g/mol. The van der Waals surface area contributed by atoms with Crippen molar-refractivity contribution in [3.05, 3.63) is 140 Å². The van der Waals surface area contributed by atoms with Gasteiger partial charge in [-0.15, -0.1) is 0 Å². The Labute approximate surface area is 252 Å². The molecule has 3 aromatic heterocycles. The van der Waals surface area contributed by atoms with Crippen LogP contribution in [0.25, 0.3) is 89.2 Å². The first-order valence-corrected chi connectivity index (χ1v) is 14.5. The van der Waals surface area contributed by atoms with Crippen LogP contribution in [0, 0.1) is 0 Å². The summed E-state index contributed by atoms with van der Waals surface area (Å²) < 4.78 is 12.6. The van der Waals surface area contributed by atoms with E-state index in [9.17, 15) is 0 Å². The van der Waals surface area contributed by atoms with Crippen LogP contribution in [0.15, 0.2) is 148 Å². The Morgan fingerprint density at radius 3 is 1.55 bits per heavy atom. The molecular formula is C39H23N3O2. The van der Waals surface area contributed by atoms with Crippen LogP contribution >= 0.6 is 0 Å². The molecule has 6 aromatic carbocycles. The van der Waals surface area contributed by atoms with Crippen LogP contribution in [-0.4, -0.2) is 15.0 Å². The molecule has 0 radical (unpaired) electrons. The van der Waals surface area contributed by atoms with Crippen LogP contribution in [0.5, 0.6) is 0 Å². The number of hydrogen-bond acceptors (Lipinski definition) is 5. The zero-order chi connectivity index (χ0) is 29.0. The second kappa shape index (κ2) is 9.75. The van der Waals surface area contributed by atoms with Crippen molar-refractivity contribution in [1.29, 1.82) is 0 Å². The van der Waals surface area contributed by atoms with Gasteiger partial charge < -0.3 is 8.83 Å². The number of fused-ring (bicyclic) bond motifs is 6.